The minimum atomic E-state index is -1.11. The maximum atomic E-state index is 11.5. The van der Waals surface area contributed by atoms with E-state index in [0.717, 1.165) is 11.1 Å². The Hall–Kier alpha value is -2.30. The number of rotatable bonds is 5. The zero-order chi connectivity index (χ0) is 14.7. The molecule has 3 N–H and O–H groups in total. The summed E-state index contributed by atoms with van der Waals surface area (Å²) < 4.78 is 0. The van der Waals surface area contributed by atoms with Crippen molar-refractivity contribution >= 4 is 22.8 Å². The van der Waals surface area contributed by atoms with E-state index in [4.69, 9.17) is 5.11 Å². The lowest BCUT2D eigenvalue weighted by Gasteiger charge is -2.08. The molecular formula is C15H18N2O3. The van der Waals surface area contributed by atoms with Gasteiger partial charge < -0.3 is 15.4 Å². The maximum absolute atomic E-state index is 11.5. The Bertz CT molecular complexity index is 646. The van der Waals surface area contributed by atoms with Gasteiger partial charge in [-0.2, -0.15) is 0 Å². The van der Waals surface area contributed by atoms with E-state index in [1.54, 1.807) is 0 Å². The summed E-state index contributed by atoms with van der Waals surface area (Å²) in [5.74, 6) is -2.57. The number of hydrogen-bond acceptors (Lipinski definition) is 2. The second-order valence-electron chi connectivity index (χ2n) is 4.91. The molecule has 1 heterocycles. The lowest BCUT2D eigenvalue weighted by atomic mass is 10.1. The molecule has 5 heteroatoms. The van der Waals surface area contributed by atoms with E-state index in [1.807, 2.05) is 31.3 Å². The Morgan fingerprint density at radius 1 is 1.40 bits per heavy atom. The van der Waals surface area contributed by atoms with E-state index < -0.39 is 17.8 Å². The number of aliphatic carboxylic acids is 1. The molecule has 0 spiro atoms. The molecule has 0 saturated heterocycles. The number of amides is 1. The van der Waals surface area contributed by atoms with E-state index >= 15 is 0 Å². The van der Waals surface area contributed by atoms with Crippen molar-refractivity contribution in [2.75, 3.05) is 6.54 Å². The van der Waals surface area contributed by atoms with Gasteiger partial charge in [-0.3, -0.25) is 9.59 Å². The van der Waals surface area contributed by atoms with Crippen LogP contribution in [0.5, 0.6) is 0 Å². The smallest absolute Gasteiger partial charge is 0.315 e. The molecule has 1 aromatic carbocycles. The first-order valence-electron chi connectivity index (χ1n) is 6.57. The van der Waals surface area contributed by atoms with Gasteiger partial charge in [0.15, 0.2) is 0 Å². The molecular weight excluding hydrogens is 256 g/mol. The van der Waals surface area contributed by atoms with Crippen LogP contribution in [0.25, 0.3) is 10.9 Å². The van der Waals surface area contributed by atoms with Crippen LogP contribution >= 0.6 is 0 Å². The van der Waals surface area contributed by atoms with Crippen molar-refractivity contribution < 1.29 is 14.7 Å². The molecule has 1 amide bonds. The normalized spacial score (nSPS) is 12.3. The van der Waals surface area contributed by atoms with Crippen molar-refractivity contribution in [3.05, 3.63) is 35.5 Å². The SMILES string of the molecule is Cc1cccc2[nH]cc(CCNC(=O)C(C)C(=O)O)c12. The molecule has 2 rings (SSSR count). The highest BCUT2D eigenvalue weighted by molar-refractivity contribution is 5.96. The molecule has 0 radical (unpaired) electrons. The second kappa shape index (κ2) is 5.77. The number of nitrogens with one attached hydrogen (secondary N) is 2. The Labute approximate surface area is 117 Å². The summed E-state index contributed by atoms with van der Waals surface area (Å²) in [6.45, 7) is 3.86. The van der Waals surface area contributed by atoms with Crippen molar-refractivity contribution in [1.82, 2.24) is 10.3 Å². The van der Waals surface area contributed by atoms with Gasteiger partial charge in [0.1, 0.15) is 5.92 Å². The first-order valence-corrected chi connectivity index (χ1v) is 6.57. The van der Waals surface area contributed by atoms with Gasteiger partial charge in [0.05, 0.1) is 0 Å². The second-order valence-corrected chi connectivity index (χ2v) is 4.91. The van der Waals surface area contributed by atoms with Crippen LogP contribution in [-0.4, -0.2) is 28.5 Å². The molecule has 0 saturated carbocycles. The third-order valence-corrected chi connectivity index (χ3v) is 3.45. The zero-order valence-corrected chi connectivity index (χ0v) is 11.6. The fraction of sp³-hybridized carbons (Fsp3) is 0.333. The molecule has 0 fully saturated rings. The Kier molecular flexibility index (Phi) is 4.08. The monoisotopic (exact) mass is 274 g/mol. The molecule has 0 aliphatic carbocycles. The molecule has 0 aliphatic heterocycles. The summed E-state index contributed by atoms with van der Waals surface area (Å²) in [7, 11) is 0. The van der Waals surface area contributed by atoms with Crippen molar-refractivity contribution in [3.8, 4) is 0 Å². The van der Waals surface area contributed by atoms with Crippen LogP contribution in [0, 0.1) is 12.8 Å². The van der Waals surface area contributed by atoms with Gasteiger partial charge in [-0.25, -0.2) is 0 Å². The Balaban J connectivity index is 2.00. The average molecular weight is 274 g/mol. The highest BCUT2D eigenvalue weighted by atomic mass is 16.4. The average Bonchev–Trinajstić information content (AvgIpc) is 2.82. The van der Waals surface area contributed by atoms with Crippen LogP contribution in [0.1, 0.15) is 18.1 Å². The van der Waals surface area contributed by atoms with Crippen LogP contribution in [-0.2, 0) is 16.0 Å². The number of hydrogen-bond donors (Lipinski definition) is 3. The number of H-pyrrole nitrogens is 1. The highest BCUT2D eigenvalue weighted by Crippen LogP contribution is 2.22. The van der Waals surface area contributed by atoms with Crippen molar-refractivity contribution in [1.29, 1.82) is 0 Å². The fourth-order valence-electron chi connectivity index (χ4n) is 2.23. The van der Waals surface area contributed by atoms with Gasteiger partial charge in [-0.15, -0.1) is 0 Å². The number of benzene rings is 1. The number of carboxylic acid groups (broad SMARTS) is 1. The molecule has 1 atom stereocenters. The van der Waals surface area contributed by atoms with Crippen LogP contribution < -0.4 is 5.32 Å². The van der Waals surface area contributed by atoms with E-state index in [2.05, 4.69) is 10.3 Å². The number of aromatic amines is 1. The molecule has 0 aliphatic rings. The molecule has 1 unspecified atom stereocenters. The third kappa shape index (κ3) is 2.82. The quantitative estimate of drug-likeness (QED) is 0.728. The highest BCUT2D eigenvalue weighted by Gasteiger charge is 2.19. The van der Waals surface area contributed by atoms with Gasteiger partial charge in [0.2, 0.25) is 5.91 Å². The summed E-state index contributed by atoms with van der Waals surface area (Å²) in [6, 6.07) is 6.05. The van der Waals surface area contributed by atoms with Crippen molar-refractivity contribution in [2.24, 2.45) is 5.92 Å². The van der Waals surface area contributed by atoms with E-state index in [0.29, 0.717) is 13.0 Å². The first kappa shape index (κ1) is 14.1. The number of carbonyl (C=O) groups is 2. The number of carbonyl (C=O) groups excluding carboxylic acids is 1. The van der Waals surface area contributed by atoms with Gasteiger partial charge in [-0.05, 0) is 37.5 Å². The number of carboxylic acids is 1. The maximum Gasteiger partial charge on any atom is 0.315 e. The largest absolute Gasteiger partial charge is 0.481 e. The van der Waals surface area contributed by atoms with Gasteiger partial charge in [0, 0.05) is 23.6 Å². The van der Waals surface area contributed by atoms with Crippen LogP contribution in [0.2, 0.25) is 0 Å². The zero-order valence-electron chi connectivity index (χ0n) is 11.6. The van der Waals surface area contributed by atoms with Crippen LogP contribution in [0.15, 0.2) is 24.4 Å². The lowest BCUT2D eigenvalue weighted by molar-refractivity contribution is -0.146. The lowest BCUT2D eigenvalue weighted by Crippen LogP contribution is -2.34. The van der Waals surface area contributed by atoms with Crippen molar-refractivity contribution in [3.63, 3.8) is 0 Å². The van der Waals surface area contributed by atoms with Gasteiger partial charge in [-0.1, -0.05) is 12.1 Å². The van der Waals surface area contributed by atoms with E-state index in [9.17, 15) is 9.59 Å². The number of aryl methyl sites for hydroxylation is 1. The predicted octanol–water partition coefficient (Wildman–Crippen LogP) is 1.86. The fourth-order valence-corrected chi connectivity index (χ4v) is 2.23. The van der Waals surface area contributed by atoms with Gasteiger partial charge in [0.25, 0.3) is 0 Å². The van der Waals surface area contributed by atoms with Crippen LogP contribution in [0.4, 0.5) is 0 Å². The minimum Gasteiger partial charge on any atom is -0.481 e. The molecule has 106 valence electrons. The van der Waals surface area contributed by atoms with Crippen LogP contribution in [0.3, 0.4) is 0 Å². The Morgan fingerprint density at radius 3 is 2.85 bits per heavy atom. The topological polar surface area (TPSA) is 82.2 Å². The predicted molar refractivity (Wildman–Crippen MR) is 76.5 cm³/mol. The third-order valence-electron chi connectivity index (χ3n) is 3.45. The standard InChI is InChI=1S/C15H18N2O3/c1-9-4-3-5-12-13(9)11(8-17-12)6-7-16-14(18)10(2)15(19)20/h3-5,8,10,17H,6-7H2,1-2H3,(H,16,18)(H,19,20). The molecule has 2 aromatic rings. The van der Waals surface area contributed by atoms with Gasteiger partial charge >= 0.3 is 5.97 Å². The summed E-state index contributed by atoms with van der Waals surface area (Å²) >= 11 is 0. The summed E-state index contributed by atoms with van der Waals surface area (Å²) in [4.78, 5) is 25.4. The number of fused-ring (bicyclic) bond motifs is 1. The van der Waals surface area contributed by atoms with E-state index in [1.165, 1.54) is 17.9 Å². The molecule has 20 heavy (non-hydrogen) atoms. The summed E-state index contributed by atoms with van der Waals surface area (Å²) in [5.41, 5.74) is 3.38. The van der Waals surface area contributed by atoms with Crippen molar-refractivity contribution in [2.45, 2.75) is 20.3 Å². The Morgan fingerprint density at radius 2 is 2.15 bits per heavy atom. The molecule has 1 aromatic heterocycles. The first-order chi connectivity index (χ1) is 9.50. The minimum absolute atomic E-state index is 0.428. The summed E-state index contributed by atoms with van der Waals surface area (Å²) in [5, 5.41) is 12.6. The number of aromatic nitrogens is 1. The molecule has 5 nitrogen and oxygen atoms in total. The van der Waals surface area contributed by atoms with E-state index in [-0.39, 0.29) is 0 Å². The summed E-state index contributed by atoms with van der Waals surface area (Å²) in [6.07, 6.45) is 2.60. The molecule has 0 bridgehead atoms.